The number of nitrogens with zero attached hydrogens (tertiary/aromatic N) is 2. The SMILES string of the molecule is Cc1cc(C)n(-c2cc(Nc3ccc(I)cc3C)c(C(=O)NOCC3CC3)cc2Cl)n1. The second kappa shape index (κ2) is 9.18. The molecular formula is C23H24ClIN4O2. The average Bonchev–Trinajstić information content (AvgIpc) is 3.47. The third-order valence-corrected chi connectivity index (χ3v) is 6.18. The van der Waals surface area contributed by atoms with Crippen LogP contribution >= 0.6 is 34.2 Å². The van der Waals surface area contributed by atoms with Gasteiger partial charge in [-0.3, -0.25) is 9.63 Å². The summed E-state index contributed by atoms with van der Waals surface area (Å²) >= 11 is 8.88. The molecule has 6 nitrogen and oxygen atoms in total. The van der Waals surface area contributed by atoms with Crippen LogP contribution in [0.1, 0.15) is 40.2 Å². The number of aryl methyl sites for hydroxylation is 3. The van der Waals surface area contributed by atoms with E-state index in [1.54, 1.807) is 10.7 Å². The number of benzene rings is 2. The Bertz CT molecular complexity index is 1140. The zero-order chi connectivity index (χ0) is 22.1. The van der Waals surface area contributed by atoms with Crippen molar-refractivity contribution in [2.75, 3.05) is 11.9 Å². The van der Waals surface area contributed by atoms with Crippen molar-refractivity contribution in [3.63, 3.8) is 0 Å². The molecule has 0 bridgehead atoms. The molecule has 1 amide bonds. The van der Waals surface area contributed by atoms with Gasteiger partial charge in [0.1, 0.15) is 0 Å². The molecule has 1 heterocycles. The number of amides is 1. The molecule has 3 aromatic rings. The molecule has 1 aliphatic rings. The Morgan fingerprint density at radius 3 is 2.61 bits per heavy atom. The van der Waals surface area contributed by atoms with Gasteiger partial charge >= 0.3 is 0 Å². The van der Waals surface area contributed by atoms with Gasteiger partial charge in [0, 0.05) is 15.0 Å². The largest absolute Gasteiger partial charge is 0.355 e. The monoisotopic (exact) mass is 550 g/mol. The molecule has 8 heteroatoms. The number of halogens is 2. The number of carbonyl (C=O) groups excluding carboxylic acids is 1. The lowest BCUT2D eigenvalue weighted by Crippen LogP contribution is -2.25. The summed E-state index contributed by atoms with van der Waals surface area (Å²) in [5.41, 5.74) is 8.14. The maximum Gasteiger partial charge on any atom is 0.277 e. The van der Waals surface area contributed by atoms with E-state index in [4.69, 9.17) is 16.4 Å². The van der Waals surface area contributed by atoms with Gasteiger partial charge in [-0.05, 0) is 104 Å². The van der Waals surface area contributed by atoms with Crippen molar-refractivity contribution in [3.05, 3.63) is 67.5 Å². The van der Waals surface area contributed by atoms with Gasteiger partial charge in [0.05, 0.1) is 34.3 Å². The normalized spacial score (nSPS) is 13.3. The molecule has 4 rings (SSSR count). The van der Waals surface area contributed by atoms with Crippen LogP contribution in [0.3, 0.4) is 0 Å². The van der Waals surface area contributed by atoms with Crippen LogP contribution in [0.5, 0.6) is 0 Å². The molecule has 1 aromatic heterocycles. The molecule has 0 aliphatic heterocycles. The van der Waals surface area contributed by atoms with Crippen LogP contribution < -0.4 is 10.8 Å². The summed E-state index contributed by atoms with van der Waals surface area (Å²) in [6.45, 7) is 6.46. The Morgan fingerprint density at radius 2 is 1.97 bits per heavy atom. The number of aromatic nitrogens is 2. The number of rotatable bonds is 7. The van der Waals surface area contributed by atoms with Crippen molar-refractivity contribution in [3.8, 4) is 5.69 Å². The van der Waals surface area contributed by atoms with E-state index in [1.807, 2.05) is 45.0 Å². The predicted octanol–water partition coefficient (Wildman–Crippen LogP) is 5.87. The first-order valence-corrected chi connectivity index (χ1v) is 11.6. The maximum atomic E-state index is 12.9. The van der Waals surface area contributed by atoms with Gasteiger partial charge in [0.25, 0.3) is 5.91 Å². The Balaban J connectivity index is 1.72. The number of hydroxylamine groups is 1. The van der Waals surface area contributed by atoms with Crippen LogP contribution in [0.25, 0.3) is 5.69 Å². The first-order valence-electron chi connectivity index (χ1n) is 10.1. The van der Waals surface area contributed by atoms with Crippen molar-refractivity contribution in [1.82, 2.24) is 15.3 Å². The van der Waals surface area contributed by atoms with E-state index < -0.39 is 0 Å². The van der Waals surface area contributed by atoms with Crippen molar-refractivity contribution >= 4 is 51.5 Å². The number of hydrogen-bond donors (Lipinski definition) is 2. The Labute approximate surface area is 200 Å². The van der Waals surface area contributed by atoms with Crippen LogP contribution in [0.2, 0.25) is 5.02 Å². The molecule has 2 N–H and O–H groups in total. The molecule has 2 aromatic carbocycles. The van der Waals surface area contributed by atoms with Crippen LogP contribution in [-0.4, -0.2) is 22.3 Å². The summed E-state index contributed by atoms with van der Waals surface area (Å²) in [7, 11) is 0. The summed E-state index contributed by atoms with van der Waals surface area (Å²) in [6, 6.07) is 11.6. The molecule has 0 atom stereocenters. The molecule has 162 valence electrons. The van der Waals surface area contributed by atoms with E-state index in [-0.39, 0.29) is 5.91 Å². The topological polar surface area (TPSA) is 68.2 Å². The van der Waals surface area contributed by atoms with Crippen LogP contribution in [-0.2, 0) is 4.84 Å². The lowest BCUT2D eigenvalue weighted by Gasteiger charge is -2.17. The molecule has 1 aliphatic carbocycles. The standard InChI is InChI=1S/C23H24ClIN4O2/c1-13-8-17(25)6-7-20(13)26-21-11-22(29-15(3)9-14(2)27-29)19(24)10-18(21)23(30)28-31-12-16-4-5-16/h6-11,16,26H,4-5,12H2,1-3H3,(H,28,30). The van der Waals surface area contributed by atoms with E-state index in [0.29, 0.717) is 34.5 Å². The zero-order valence-electron chi connectivity index (χ0n) is 17.6. The van der Waals surface area contributed by atoms with Crippen molar-refractivity contribution in [2.45, 2.75) is 33.6 Å². The van der Waals surface area contributed by atoms with Gasteiger partial charge in [-0.15, -0.1) is 0 Å². The Morgan fingerprint density at radius 1 is 1.19 bits per heavy atom. The van der Waals surface area contributed by atoms with E-state index in [0.717, 1.165) is 39.1 Å². The highest BCUT2D eigenvalue weighted by Crippen LogP contribution is 2.32. The fraction of sp³-hybridized carbons (Fsp3) is 0.304. The highest BCUT2D eigenvalue weighted by Gasteiger charge is 2.23. The van der Waals surface area contributed by atoms with Gasteiger partial charge in [-0.1, -0.05) is 11.6 Å². The lowest BCUT2D eigenvalue weighted by molar-refractivity contribution is 0.0271. The van der Waals surface area contributed by atoms with E-state index in [9.17, 15) is 4.79 Å². The first-order chi connectivity index (χ1) is 14.8. The highest BCUT2D eigenvalue weighted by molar-refractivity contribution is 14.1. The maximum absolute atomic E-state index is 12.9. The number of carbonyl (C=O) groups is 1. The van der Waals surface area contributed by atoms with Crippen LogP contribution in [0, 0.1) is 30.3 Å². The fourth-order valence-electron chi connectivity index (χ4n) is 3.37. The minimum atomic E-state index is -0.340. The molecule has 1 fully saturated rings. The second-order valence-electron chi connectivity index (χ2n) is 7.96. The lowest BCUT2D eigenvalue weighted by atomic mass is 10.1. The molecule has 0 radical (unpaired) electrons. The molecule has 31 heavy (non-hydrogen) atoms. The third kappa shape index (κ3) is 5.22. The number of nitrogens with one attached hydrogen (secondary N) is 2. The van der Waals surface area contributed by atoms with Crippen LogP contribution in [0.15, 0.2) is 36.4 Å². The minimum absolute atomic E-state index is 0.340. The summed E-state index contributed by atoms with van der Waals surface area (Å²) in [4.78, 5) is 18.3. The van der Waals surface area contributed by atoms with Gasteiger partial charge in [-0.25, -0.2) is 10.2 Å². The summed E-state index contributed by atoms with van der Waals surface area (Å²) < 4.78 is 2.93. The van der Waals surface area contributed by atoms with Crippen LogP contribution in [0.4, 0.5) is 11.4 Å². The number of hydrogen-bond acceptors (Lipinski definition) is 4. The molecule has 0 saturated heterocycles. The van der Waals surface area contributed by atoms with Gasteiger partial charge in [0.15, 0.2) is 0 Å². The number of anilines is 2. The van der Waals surface area contributed by atoms with Crippen molar-refractivity contribution in [2.24, 2.45) is 5.92 Å². The first kappa shape index (κ1) is 22.1. The smallest absolute Gasteiger partial charge is 0.277 e. The van der Waals surface area contributed by atoms with Crippen molar-refractivity contribution in [1.29, 1.82) is 0 Å². The quantitative estimate of drug-likeness (QED) is 0.285. The van der Waals surface area contributed by atoms with Gasteiger partial charge in [-0.2, -0.15) is 5.10 Å². The molecule has 1 saturated carbocycles. The highest BCUT2D eigenvalue weighted by atomic mass is 127. The van der Waals surface area contributed by atoms with E-state index in [2.05, 4.69) is 44.6 Å². The fourth-order valence-corrected chi connectivity index (χ4v) is 4.26. The molecule has 0 unspecified atom stereocenters. The predicted molar refractivity (Wildman–Crippen MR) is 131 cm³/mol. The molecular weight excluding hydrogens is 527 g/mol. The summed E-state index contributed by atoms with van der Waals surface area (Å²) in [5, 5.41) is 8.39. The minimum Gasteiger partial charge on any atom is -0.355 e. The Kier molecular flexibility index (Phi) is 6.55. The Hall–Kier alpha value is -2.10. The summed E-state index contributed by atoms with van der Waals surface area (Å²) in [6.07, 6.45) is 2.30. The second-order valence-corrected chi connectivity index (χ2v) is 9.61. The van der Waals surface area contributed by atoms with E-state index >= 15 is 0 Å². The van der Waals surface area contributed by atoms with E-state index in [1.165, 1.54) is 0 Å². The van der Waals surface area contributed by atoms with Gasteiger partial charge in [0.2, 0.25) is 0 Å². The third-order valence-electron chi connectivity index (χ3n) is 5.21. The molecule has 0 spiro atoms. The zero-order valence-corrected chi connectivity index (χ0v) is 20.5. The van der Waals surface area contributed by atoms with Crippen molar-refractivity contribution < 1.29 is 9.63 Å². The average molecular weight is 551 g/mol. The van der Waals surface area contributed by atoms with Gasteiger partial charge < -0.3 is 5.32 Å². The summed E-state index contributed by atoms with van der Waals surface area (Å²) in [5.74, 6) is 0.206.